The summed E-state index contributed by atoms with van der Waals surface area (Å²) in [6.07, 6.45) is 5.74. The molecular formula is C18H21N4O2S+. The van der Waals surface area contributed by atoms with Gasteiger partial charge in [-0.25, -0.2) is 13.4 Å². The number of nitrogens with one attached hydrogen (secondary N) is 2. The SMILES string of the molecule is CS(=O)(=O)Cc1cccc(-c2c[nH+]c3ccc(NCC4CC4)nn23)c1. The van der Waals surface area contributed by atoms with Gasteiger partial charge in [0.15, 0.2) is 15.7 Å². The monoisotopic (exact) mass is 357 g/mol. The number of aromatic amines is 1. The van der Waals surface area contributed by atoms with Crippen molar-refractivity contribution in [2.24, 2.45) is 5.92 Å². The second-order valence-corrected chi connectivity index (χ2v) is 8.92. The third-order valence-electron chi connectivity index (χ3n) is 4.34. The molecule has 2 N–H and O–H groups in total. The molecule has 6 nitrogen and oxygen atoms in total. The lowest BCUT2D eigenvalue weighted by molar-refractivity contribution is -0.343. The number of sulfone groups is 1. The van der Waals surface area contributed by atoms with Gasteiger partial charge in [-0.15, -0.1) is 0 Å². The van der Waals surface area contributed by atoms with E-state index in [9.17, 15) is 8.42 Å². The summed E-state index contributed by atoms with van der Waals surface area (Å²) in [5.74, 6) is 1.66. The van der Waals surface area contributed by atoms with Crippen LogP contribution in [0.3, 0.4) is 0 Å². The van der Waals surface area contributed by atoms with E-state index in [2.05, 4.69) is 15.4 Å². The standard InChI is InChI=1S/C18H20N4O2S/c1-25(23,24)12-14-3-2-4-15(9-14)16-11-20-18-8-7-17(21-22(16)18)19-10-13-5-6-13/h2-4,7-9,11,13H,5-6,10,12H2,1H3,(H,19,21)/p+1. The molecule has 130 valence electrons. The lowest BCUT2D eigenvalue weighted by atomic mass is 10.1. The molecular weight excluding hydrogens is 336 g/mol. The van der Waals surface area contributed by atoms with Crippen molar-refractivity contribution in [2.75, 3.05) is 18.1 Å². The van der Waals surface area contributed by atoms with Crippen molar-refractivity contribution in [1.29, 1.82) is 0 Å². The molecule has 7 heteroatoms. The third-order valence-corrected chi connectivity index (χ3v) is 5.20. The number of hydrogen-bond acceptors (Lipinski definition) is 4. The number of fused-ring (bicyclic) bond motifs is 1. The Morgan fingerprint density at radius 1 is 1.28 bits per heavy atom. The van der Waals surface area contributed by atoms with Gasteiger partial charge in [0.1, 0.15) is 6.20 Å². The normalized spacial score (nSPS) is 14.8. The Morgan fingerprint density at radius 2 is 2.12 bits per heavy atom. The smallest absolute Gasteiger partial charge is 0.305 e. The molecule has 1 aliphatic rings. The molecule has 0 spiro atoms. The second kappa shape index (κ2) is 6.15. The van der Waals surface area contributed by atoms with Crippen LogP contribution in [0.2, 0.25) is 0 Å². The van der Waals surface area contributed by atoms with Gasteiger partial charge in [-0.05, 0) is 36.5 Å². The predicted molar refractivity (Wildman–Crippen MR) is 96.9 cm³/mol. The first-order valence-corrected chi connectivity index (χ1v) is 10.5. The van der Waals surface area contributed by atoms with Crippen molar-refractivity contribution >= 4 is 21.3 Å². The van der Waals surface area contributed by atoms with Gasteiger partial charge < -0.3 is 5.32 Å². The van der Waals surface area contributed by atoms with Crippen LogP contribution in [0.4, 0.5) is 5.82 Å². The minimum Gasteiger partial charge on any atom is -0.367 e. The van der Waals surface area contributed by atoms with Crippen LogP contribution in [-0.2, 0) is 15.6 Å². The molecule has 1 fully saturated rings. The number of nitrogens with zero attached hydrogens (tertiary/aromatic N) is 2. The van der Waals surface area contributed by atoms with Crippen molar-refractivity contribution in [3.63, 3.8) is 0 Å². The van der Waals surface area contributed by atoms with Crippen LogP contribution in [-0.4, -0.2) is 30.8 Å². The van der Waals surface area contributed by atoms with E-state index >= 15 is 0 Å². The molecule has 0 bridgehead atoms. The lowest BCUT2D eigenvalue weighted by Crippen LogP contribution is -2.08. The Balaban J connectivity index is 1.68. The highest BCUT2D eigenvalue weighted by Gasteiger charge is 2.21. The second-order valence-electron chi connectivity index (χ2n) is 6.78. The van der Waals surface area contributed by atoms with Crippen LogP contribution in [0.15, 0.2) is 42.6 Å². The van der Waals surface area contributed by atoms with Gasteiger partial charge in [-0.3, -0.25) is 0 Å². The van der Waals surface area contributed by atoms with Gasteiger partial charge in [0, 0.05) is 24.4 Å². The lowest BCUT2D eigenvalue weighted by Gasteiger charge is -2.03. The summed E-state index contributed by atoms with van der Waals surface area (Å²) in [5.41, 5.74) is 3.50. The van der Waals surface area contributed by atoms with Gasteiger partial charge in [-0.2, -0.15) is 0 Å². The molecule has 1 aliphatic carbocycles. The number of hydrogen-bond donors (Lipinski definition) is 1. The van der Waals surface area contributed by atoms with Crippen molar-refractivity contribution in [2.45, 2.75) is 18.6 Å². The van der Waals surface area contributed by atoms with Crippen LogP contribution in [0.25, 0.3) is 16.9 Å². The van der Waals surface area contributed by atoms with Gasteiger partial charge in [0.25, 0.3) is 0 Å². The highest BCUT2D eigenvalue weighted by atomic mass is 32.2. The maximum absolute atomic E-state index is 11.6. The molecule has 25 heavy (non-hydrogen) atoms. The number of rotatable bonds is 6. The first-order chi connectivity index (χ1) is 12.0. The zero-order valence-electron chi connectivity index (χ0n) is 14.1. The first-order valence-electron chi connectivity index (χ1n) is 8.39. The van der Waals surface area contributed by atoms with E-state index in [0.29, 0.717) is 0 Å². The van der Waals surface area contributed by atoms with Gasteiger partial charge in [0.2, 0.25) is 5.69 Å². The van der Waals surface area contributed by atoms with Gasteiger partial charge in [0.05, 0.1) is 5.75 Å². The fourth-order valence-electron chi connectivity index (χ4n) is 2.91. The molecule has 2 aromatic heterocycles. The molecule has 3 aromatic rings. The Labute approximate surface area is 146 Å². The topological polar surface area (TPSA) is 77.6 Å². The Bertz CT molecular complexity index is 1020. The molecule has 1 aromatic carbocycles. The van der Waals surface area contributed by atoms with Crippen molar-refractivity contribution in [1.82, 2.24) is 9.61 Å². The van der Waals surface area contributed by atoms with Crippen LogP contribution in [0.1, 0.15) is 18.4 Å². The third kappa shape index (κ3) is 3.82. The molecule has 0 amide bonds. The van der Waals surface area contributed by atoms with Crippen LogP contribution < -0.4 is 10.3 Å². The summed E-state index contributed by atoms with van der Waals surface area (Å²) >= 11 is 0. The van der Waals surface area contributed by atoms with Crippen LogP contribution in [0, 0.1) is 5.92 Å². The van der Waals surface area contributed by atoms with Crippen LogP contribution >= 0.6 is 0 Å². The van der Waals surface area contributed by atoms with E-state index in [4.69, 9.17) is 0 Å². The van der Waals surface area contributed by atoms with Crippen molar-refractivity contribution in [3.05, 3.63) is 48.2 Å². The molecule has 2 heterocycles. The van der Waals surface area contributed by atoms with Crippen molar-refractivity contribution in [3.8, 4) is 11.3 Å². The molecule has 0 radical (unpaired) electrons. The number of imidazole rings is 1. The van der Waals surface area contributed by atoms with E-state index < -0.39 is 9.84 Å². The minimum atomic E-state index is -3.06. The predicted octanol–water partition coefficient (Wildman–Crippen LogP) is 2.18. The van der Waals surface area contributed by atoms with Gasteiger partial charge >= 0.3 is 5.65 Å². The van der Waals surface area contributed by atoms with Crippen molar-refractivity contribution < 1.29 is 13.4 Å². The molecule has 0 atom stereocenters. The van der Waals surface area contributed by atoms with E-state index in [0.717, 1.165) is 40.7 Å². The number of H-pyrrole nitrogens is 1. The maximum atomic E-state index is 11.6. The number of anilines is 1. The van der Waals surface area contributed by atoms with Gasteiger partial charge in [-0.1, -0.05) is 27.8 Å². The van der Waals surface area contributed by atoms with E-state index in [1.165, 1.54) is 19.1 Å². The Hall–Kier alpha value is -2.41. The van der Waals surface area contributed by atoms with E-state index in [-0.39, 0.29) is 5.75 Å². The summed E-state index contributed by atoms with van der Waals surface area (Å²) in [6.45, 7) is 0.961. The summed E-state index contributed by atoms with van der Waals surface area (Å²) in [7, 11) is -3.06. The highest BCUT2D eigenvalue weighted by Crippen LogP contribution is 2.28. The average molecular weight is 357 g/mol. The first kappa shape index (κ1) is 16.1. The van der Waals surface area contributed by atoms with E-state index in [1.807, 2.05) is 47.1 Å². The molecule has 0 unspecified atom stereocenters. The average Bonchev–Trinajstić information content (AvgIpc) is 3.29. The molecule has 4 rings (SSSR count). The summed E-state index contributed by atoms with van der Waals surface area (Å²) in [6, 6.07) is 11.5. The quantitative estimate of drug-likeness (QED) is 0.733. The fraction of sp³-hybridized carbons (Fsp3) is 0.333. The maximum Gasteiger partial charge on any atom is 0.305 e. The minimum absolute atomic E-state index is 0.0372. The van der Waals surface area contributed by atoms with Crippen LogP contribution in [0.5, 0.6) is 0 Å². The number of aromatic nitrogens is 3. The summed E-state index contributed by atoms with van der Waals surface area (Å²) in [5, 5.41) is 8.06. The fourth-order valence-corrected chi connectivity index (χ4v) is 3.70. The summed E-state index contributed by atoms with van der Waals surface area (Å²) < 4.78 is 25.0. The summed E-state index contributed by atoms with van der Waals surface area (Å²) in [4.78, 5) is 3.21. The van der Waals surface area contributed by atoms with E-state index in [1.54, 1.807) is 0 Å². The Morgan fingerprint density at radius 3 is 2.88 bits per heavy atom. The Kier molecular flexibility index (Phi) is 3.95. The molecule has 0 saturated heterocycles. The largest absolute Gasteiger partial charge is 0.367 e. The molecule has 1 saturated carbocycles. The zero-order valence-corrected chi connectivity index (χ0v) is 14.9. The highest BCUT2D eigenvalue weighted by molar-refractivity contribution is 7.89. The number of benzene rings is 1. The zero-order chi connectivity index (χ0) is 17.4. The molecule has 0 aliphatic heterocycles.